The summed E-state index contributed by atoms with van der Waals surface area (Å²) in [6.45, 7) is 3.68. The van der Waals surface area contributed by atoms with E-state index in [4.69, 9.17) is 5.73 Å². The van der Waals surface area contributed by atoms with Crippen LogP contribution in [0.15, 0.2) is 0 Å². The molecular weight excluding hydrogens is 196 g/mol. The number of nitrogens with two attached hydrogens (primary N) is 1. The van der Waals surface area contributed by atoms with Crippen LogP contribution in [0.2, 0.25) is 0 Å². The summed E-state index contributed by atoms with van der Waals surface area (Å²) in [5, 5.41) is 8.38. The quantitative estimate of drug-likeness (QED) is 0.441. The maximum atomic E-state index is 11.6. The Bertz CT molecular complexity index is 244. The SMILES string of the molecule is CC1NCCC1C(=O)NCCNC(N)=O. The first-order chi connectivity index (χ1) is 7.11. The molecular formula is C9H18N4O2. The molecule has 1 fully saturated rings. The summed E-state index contributed by atoms with van der Waals surface area (Å²) in [5.74, 6) is 0.0809. The maximum absolute atomic E-state index is 11.6. The molecule has 0 spiro atoms. The van der Waals surface area contributed by atoms with Gasteiger partial charge in [-0.15, -0.1) is 0 Å². The molecule has 3 amide bonds. The van der Waals surface area contributed by atoms with E-state index in [9.17, 15) is 9.59 Å². The molecule has 1 aliphatic rings. The monoisotopic (exact) mass is 214 g/mol. The molecule has 0 aromatic heterocycles. The summed E-state index contributed by atoms with van der Waals surface area (Å²) < 4.78 is 0. The fourth-order valence-electron chi connectivity index (χ4n) is 1.72. The number of hydrogen-bond donors (Lipinski definition) is 4. The second-order valence-corrected chi connectivity index (χ2v) is 3.72. The second kappa shape index (κ2) is 5.55. The number of carbonyl (C=O) groups is 2. The Morgan fingerprint density at radius 1 is 1.40 bits per heavy atom. The highest BCUT2D eigenvalue weighted by Gasteiger charge is 2.28. The molecule has 0 aromatic carbocycles. The zero-order valence-electron chi connectivity index (χ0n) is 8.88. The third-order valence-electron chi connectivity index (χ3n) is 2.59. The number of rotatable bonds is 4. The van der Waals surface area contributed by atoms with Crippen LogP contribution in [-0.4, -0.2) is 37.6 Å². The molecule has 0 aromatic rings. The maximum Gasteiger partial charge on any atom is 0.312 e. The van der Waals surface area contributed by atoms with Gasteiger partial charge in [-0.2, -0.15) is 0 Å². The van der Waals surface area contributed by atoms with Crippen molar-refractivity contribution < 1.29 is 9.59 Å². The zero-order valence-corrected chi connectivity index (χ0v) is 8.88. The Morgan fingerprint density at radius 3 is 2.60 bits per heavy atom. The van der Waals surface area contributed by atoms with Gasteiger partial charge in [0.2, 0.25) is 5.91 Å². The average molecular weight is 214 g/mol. The van der Waals surface area contributed by atoms with E-state index in [2.05, 4.69) is 16.0 Å². The number of primary amides is 1. The van der Waals surface area contributed by atoms with Crippen LogP contribution < -0.4 is 21.7 Å². The Hall–Kier alpha value is -1.30. The van der Waals surface area contributed by atoms with Gasteiger partial charge in [0.15, 0.2) is 0 Å². The minimum Gasteiger partial charge on any atom is -0.354 e. The fraction of sp³-hybridized carbons (Fsp3) is 0.778. The van der Waals surface area contributed by atoms with Gasteiger partial charge >= 0.3 is 6.03 Å². The van der Waals surface area contributed by atoms with Gasteiger partial charge in [-0.1, -0.05) is 0 Å². The Morgan fingerprint density at radius 2 is 2.07 bits per heavy atom. The third kappa shape index (κ3) is 3.75. The molecule has 1 saturated heterocycles. The molecule has 2 unspecified atom stereocenters. The van der Waals surface area contributed by atoms with E-state index in [1.54, 1.807) is 0 Å². The number of nitrogens with one attached hydrogen (secondary N) is 3. The zero-order chi connectivity index (χ0) is 11.3. The minimum absolute atomic E-state index is 0.0404. The van der Waals surface area contributed by atoms with Gasteiger partial charge in [0.25, 0.3) is 0 Å². The lowest BCUT2D eigenvalue weighted by Gasteiger charge is -2.14. The standard InChI is InChI=1S/C9H18N4O2/c1-6-7(2-3-11-6)8(14)12-4-5-13-9(10)15/h6-7,11H,2-5H2,1H3,(H,12,14)(H3,10,13,15). The lowest BCUT2D eigenvalue weighted by Crippen LogP contribution is -2.41. The molecule has 2 atom stereocenters. The van der Waals surface area contributed by atoms with Crippen molar-refractivity contribution in [3.8, 4) is 0 Å². The predicted molar refractivity (Wildman–Crippen MR) is 56.2 cm³/mol. The van der Waals surface area contributed by atoms with Crippen LogP contribution in [0.1, 0.15) is 13.3 Å². The van der Waals surface area contributed by atoms with Crippen LogP contribution in [0, 0.1) is 5.92 Å². The van der Waals surface area contributed by atoms with Gasteiger partial charge in [-0.25, -0.2) is 4.79 Å². The van der Waals surface area contributed by atoms with Crippen molar-refractivity contribution in [1.82, 2.24) is 16.0 Å². The first-order valence-electron chi connectivity index (χ1n) is 5.15. The largest absolute Gasteiger partial charge is 0.354 e. The summed E-state index contributed by atoms with van der Waals surface area (Å²) in [5.41, 5.74) is 4.88. The van der Waals surface area contributed by atoms with Crippen LogP contribution in [0.25, 0.3) is 0 Å². The molecule has 0 aliphatic carbocycles. The van der Waals surface area contributed by atoms with E-state index < -0.39 is 6.03 Å². The molecule has 0 radical (unpaired) electrons. The summed E-state index contributed by atoms with van der Waals surface area (Å²) in [6, 6.07) is -0.339. The Balaban J connectivity index is 2.15. The molecule has 6 nitrogen and oxygen atoms in total. The molecule has 1 aliphatic heterocycles. The smallest absolute Gasteiger partial charge is 0.312 e. The van der Waals surface area contributed by atoms with Crippen LogP contribution in [0.3, 0.4) is 0 Å². The third-order valence-corrected chi connectivity index (χ3v) is 2.59. The molecule has 5 N–H and O–H groups in total. The van der Waals surface area contributed by atoms with E-state index in [1.807, 2.05) is 6.92 Å². The first-order valence-corrected chi connectivity index (χ1v) is 5.15. The van der Waals surface area contributed by atoms with Crippen molar-refractivity contribution in [3.63, 3.8) is 0 Å². The average Bonchev–Trinajstić information content (AvgIpc) is 2.58. The van der Waals surface area contributed by atoms with Crippen LogP contribution in [0.4, 0.5) is 4.79 Å². The topological polar surface area (TPSA) is 96.2 Å². The highest BCUT2D eigenvalue weighted by molar-refractivity contribution is 5.79. The number of hydrogen-bond acceptors (Lipinski definition) is 3. The molecule has 1 rings (SSSR count). The van der Waals surface area contributed by atoms with Gasteiger partial charge < -0.3 is 21.7 Å². The fourth-order valence-corrected chi connectivity index (χ4v) is 1.72. The van der Waals surface area contributed by atoms with Crippen molar-refractivity contribution in [1.29, 1.82) is 0 Å². The van der Waals surface area contributed by atoms with E-state index in [0.717, 1.165) is 13.0 Å². The van der Waals surface area contributed by atoms with Crippen molar-refractivity contribution in [2.24, 2.45) is 11.7 Å². The van der Waals surface area contributed by atoms with Crippen LogP contribution in [0.5, 0.6) is 0 Å². The second-order valence-electron chi connectivity index (χ2n) is 3.72. The summed E-state index contributed by atoms with van der Waals surface area (Å²) in [7, 11) is 0. The predicted octanol–water partition coefficient (Wildman–Crippen LogP) is -1.23. The van der Waals surface area contributed by atoms with E-state index in [1.165, 1.54) is 0 Å². The molecule has 1 heterocycles. The summed E-state index contributed by atoms with van der Waals surface area (Å²) >= 11 is 0. The number of urea groups is 1. The minimum atomic E-state index is -0.569. The van der Waals surface area contributed by atoms with Crippen LogP contribution in [-0.2, 0) is 4.79 Å². The highest BCUT2D eigenvalue weighted by atomic mass is 16.2. The molecule has 15 heavy (non-hydrogen) atoms. The van der Waals surface area contributed by atoms with Crippen LogP contribution >= 0.6 is 0 Å². The lowest BCUT2D eigenvalue weighted by atomic mass is 10.0. The first kappa shape index (κ1) is 11.8. The van der Waals surface area contributed by atoms with Crippen molar-refractivity contribution in [2.75, 3.05) is 19.6 Å². The number of carbonyl (C=O) groups excluding carboxylic acids is 2. The van der Waals surface area contributed by atoms with Crippen molar-refractivity contribution in [2.45, 2.75) is 19.4 Å². The molecule has 86 valence electrons. The van der Waals surface area contributed by atoms with Gasteiger partial charge in [0.1, 0.15) is 0 Å². The van der Waals surface area contributed by atoms with E-state index in [-0.39, 0.29) is 17.9 Å². The summed E-state index contributed by atoms with van der Waals surface area (Å²) in [4.78, 5) is 21.9. The highest BCUT2D eigenvalue weighted by Crippen LogP contribution is 2.14. The molecule has 0 bridgehead atoms. The van der Waals surface area contributed by atoms with E-state index in [0.29, 0.717) is 13.1 Å². The lowest BCUT2D eigenvalue weighted by molar-refractivity contribution is -0.125. The number of amides is 3. The van der Waals surface area contributed by atoms with Gasteiger partial charge in [-0.05, 0) is 19.9 Å². The Kier molecular flexibility index (Phi) is 4.36. The van der Waals surface area contributed by atoms with Crippen molar-refractivity contribution >= 4 is 11.9 Å². The normalized spacial score (nSPS) is 24.9. The van der Waals surface area contributed by atoms with Gasteiger partial charge in [-0.3, -0.25) is 4.79 Å². The molecule has 6 heteroatoms. The van der Waals surface area contributed by atoms with Crippen molar-refractivity contribution in [3.05, 3.63) is 0 Å². The molecule has 0 saturated carbocycles. The van der Waals surface area contributed by atoms with Gasteiger partial charge in [0.05, 0.1) is 5.92 Å². The Labute approximate surface area is 89.0 Å². The van der Waals surface area contributed by atoms with Gasteiger partial charge in [0, 0.05) is 19.1 Å². The van der Waals surface area contributed by atoms with E-state index >= 15 is 0 Å². The summed E-state index contributed by atoms with van der Waals surface area (Å²) in [6.07, 6.45) is 0.871.